The predicted octanol–water partition coefficient (Wildman–Crippen LogP) is 20.3. The fourth-order valence-electron chi connectivity index (χ4n) is 12.3. The molecule has 0 fully saturated rings. The third kappa shape index (κ3) is 7.47. The van der Waals surface area contributed by atoms with Crippen molar-refractivity contribution in [3.05, 3.63) is 308 Å². The van der Waals surface area contributed by atoms with Crippen LogP contribution in [0.15, 0.2) is 291 Å². The lowest BCUT2D eigenvalue weighted by Crippen LogP contribution is -2.22. The van der Waals surface area contributed by atoms with Crippen molar-refractivity contribution in [1.82, 2.24) is 0 Å². The molecular weight excluding hydrogens is 903 g/mol. The van der Waals surface area contributed by atoms with E-state index < -0.39 is 0 Å². The summed E-state index contributed by atoms with van der Waals surface area (Å²) in [6.07, 6.45) is 0. The van der Waals surface area contributed by atoms with Gasteiger partial charge in [0.1, 0.15) is 0 Å². The number of anilines is 3. The Morgan fingerprint density at radius 2 is 0.707 bits per heavy atom. The van der Waals surface area contributed by atoms with E-state index >= 15 is 0 Å². The fourth-order valence-corrected chi connectivity index (χ4v) is 12.3. The van der Waals surface area contributed by atoms with Crippen molar-refractivity contribution in [3.63, 3.8) is 0 Å². The molecule has 1 nitrogen and oxygen atoms in total. The number of hydrogen-bond donors (Lipinski definition) is 0. The van der Waals surface area contributed by atoms with Gasteiger partial charge in [0.25, 0.3) is 0 Å². The Labute approximate surface area is 438 Å². The molecule has 0 aromatic heterocycles. The maximum Gasteiger partial charge on any atom is 0.0468 e. The van der Waals surface area contributed by atoms with Crippen LogP contribution in [-0.2, 0) is 5.41 Å². The lowest BCUT2D eigenvalue weighted by atomic mass is 9.74. The van der Waals surface area contributed by atoms with E-state index in [-0.39, 0.29) is 5.41 Å². The van der Waals surface area contributed by atoms with E-state index in [4.69, 9.17) is 0 Å². The largest absolute Gasteiger partial charge is 0.310 e. The van der Waals surface area contributed by atoms with Gasteiger partial charge in [0.15, 0.2) is 0 Å². The predicted molar refractivity (Wildman–Crippen MR) is 318 cm³/mol. The van der Waals surface area contributed by atoms with Crippen LogP contribution in [0.3, 0.4) is 0 Å². The first kappa shape index (κ1) is 44.2. The molecule has 1 heteroatoms. The molecule has 0 bridgehead atoms. The highest BCUT2D eigenvalue weighted by Gasteiger charge is 2.41. The first-order valence-electron chi connectivity index (χ1n) is 26.1. The number of benzene rings is 13. The highest BCUT2D eigenvalue weighted by Crippen LogP contribution is 2.54. The van der Waals surface area contributed by atoms with Crippen LogP contribution >= 0.6 is 0 Å². The van der Waals surface area contributed by atoms with Crippen LogP contribution in [0.25, 0.3) is 99.1 Å². The maximum atomic E-state index is 2.42. The minimum Gasteiger partial charge on any atom is -0.310 e. The van der Waals surface area contributed by atoms with E-state index in [1.807, 2.05) is 0 Å². The highest BCUT2D eigenvalue weighted by atomic mass is 15.1. The molecule has 0 aliphatic heterocycles. The summed E-state index contributed by atoms with van der Waals surface area (Å²) in [5, 5.41) is 7.53. The molecule has 14 rings (SSSR count). The Bertz CT molecular complexity index is 4250. The van der Waals surface area contributed by atoms with E-state index in [1.165, 1.54) is 110 Å². The number of rotatable bonds is 9. The summed E-state index contributed by atoms with van der Waals surface area (Å²) in [5.74, 6) is 0. The summed E-state index contributed by atoms with van der Waals surface area (Å²) in [6, 6.07) is 107. The molecule has 1 aliphatic carbocycles. The molecule has 0 amide bonds. The van der Waals surface area contributed by atoms with Crippen molar-refractivity contribution < 1.29 is 0 Å². The minimum absolute atomic E-state index is 0.280. The van der Waals surface area contributed by atoms with Crippen LogP contribution in [0.2, 0.25) is 0 Å². The zero-order valence-corrected chi connectivity index (χ0v) is 41.7. The van der Waals surface area contributed by atoms with E-state index in [2.05, 4.69) is 303 Å². The smallest absolute Gasteiger partial charge is 0.0468 e. The summed E-state index contributed by atoms with van der Waals surface area (Å²) in [4.78, 5) is 2.42. The van der Waals surface area contributed by atoms with Gasteiger partial charge in [0.05, 0.1) is 0 Å². The van der Waals surface area contributed by atoms with Gasteiger partial charge in [0.2, 0.25) is 0 Å². The fraction of sp³-hybridized carbons (Fsp3) is 0.0270. The zero-order chi connectivity index (χ0) is 49.9. The SMILES string of the molecule is CC1(c2ccccc2)c2ccccc2-c2cc(N(c3ccc(-c4ccc(-c5cccc6ccccc56)cc4)cc3)c3ccc(-c4ccc5c(c4)c(-c4ccccc4)c(-c4ccccc4)c4ccccc45)cc3)ccc21. The molecule has 1 atom stereocenters. The number of nitrogens with zero attached hydrogens (tertiary/aromatic N) is 1. The van der Waals surface area contributed by atoms with Crippen molar-refractivity contribution in [3.8, 4) is 66.8 Å². The second kappa shape index (κ2) is 18.2. The molecule has 0 saturated carbocycles. The molecule has 1 unspecified atom stereocenters. The van der Waals surface area contributed by atoms with Gasteiger partial charge in [-0.05, 0) is 165 Å². The highest BCUT2D eigenvalue weighted by molar-refractivity contribution is 6.22. The monoisotopic (exact) mass is 953 g/mol. The van der Waals surface area contributed by atoms with Gasteiger partial charge in [-0.25, -0.2) is 0 Å². The molecule has 1 aliphatic rings. The van der Waals surface area contributed by atoms with Gasteiger partial charge in [-0.3, -0.25) is 0 Å². The first-order chi connectivity index (χ1) is 37.1. The van der Waals surface area contributed by atoms with Crippen LogP contribution in [-0.4, -0.2) is 0 Å². The van der Waals surface area contributed by atoms with E-state index in [1.54, 1.807) is 0 Å². The van der Waals surface area contributed by atoms with Crippen molar-refractivity contribution in [2.75, 3.05) is 4.90 Å². The molecule has 13 aromatic carbocycles. The lowest BCUT2D eigenvalue weighted by molar-refractivity contribution is 0.714. The van der Waals surface area contributed by atoms with E-state index in [0.29, 0.717) is 0 Å². The first-order valence-corrected chi connectivity index (χ1v) is 26.1. The summed E-state index contributed by atoms with van der Waals surface area (Å²) < 4.78 is 0. The third-order valence-corrected chi connectivity index (χ3v) is 16.0. The van der Waals surface area contributed by atoms with Crippen LogP contribution in [0.4, 0.5) is 17.1 Å². The zero-order valence-electron chi connectivity index (χ0n) is 41.7. The number of hydrogen-bond acceptors (Lipinski definition) is 1. The molecule has 13 aromatic rings. The summed E-state index contributed by atoms with van der Waals surface area (Å²) in [6.45, 7) is 2.39. The van der Waals surface area contributed by atoms with Gasteiger partial charge in [0, 0.05) is 22.5 Å². The van der Waals surface area contributed by atoms with E-state index in [0.717, 1.165) is 22.6 Å². The molecule has 0 heterocycles. The quantitative estimate of drug-likeness (QED) is 0.130. The lowest BCUT2D eigenvalue weighted by Gasteiger charge is -2.29. The normalized spacial score (nSPS) is 13.7. The molecule has 0 spiro atoms. The number of fused-ring (bicyclic) bond motifs is 7. The van der Waals surface area contributed by atoms with Crippen molar-refractivity contribution in [2.45, 2.75) is 12.3 Å². The second-order valence-corrected chi connectivity index (χ2v) is 20.1. The van der Waals surface area contributed by atoms with Gasteiger partial charge >= 0.3 is 0 Å². The Kier molecular flexibility index (Phi) is 10.7. The molecule has 0 N–H and O–H groups in total. The third-order valence-electron chi connectivity index (χ3n) is 16.0. The van der Waals surface area contributed by atoms with Crippen LogP contribution < -0.4 is 4.90 Å². The Hall–Kier alpha value is -9.56. The summed E-state index contributed by atoms with van der Waals surface area (Å²) >= 11 is 0. The molecule has 0 radical (unpaired) electrons. The Morgan fingerprint density at radius 1 is 0.253 bits per heavy atom. The van der Waals surface area contributed by atoms with Crippen molar-refractivity contribution in [2.24, 2.45) is 0 Å². The average Bonchev–Trinajstić information content (AvgIpc) is 3.83. The second-order valence-electron chi connectivity index (χ2n) is 20.1. The van der Waals surface area contributed by atoms with Crippen molar-refractivity contribution in [1.29, 1.82) is 0 Å². The molecule has 352 valence electrons. The van der Waals surface area contributed by atoms with E-state index in [9.17, 15) is 0 Å². The topological polar surface area (TPSA) is 3.24 Å². The average molecular weight is 954 g/mol. The van der Waals surface area contributed by atoms with Gasteiger partial charge in [-0.1, -0.05) is 249 Å². The van der Waals surface area contributed by atoms with Gasteiger partial charge in [-0.15, -0.1) is 0 Å². The molecule has 75 heavy (non-hydrogen) atoms. The summed E-state index contributed by atoms with van der Waals surface area (Å²) in [5.41, 5.74) is 21.6. The summed E-state index contributed by atoms with van der Waals surface area (Å²) in [7, 11) is 0. The van der Waals surface area contributed by atoms with Gasteiger partial charge < -0.3 is 4.90 Å². The van der Waals surface area contributed by atoms with Crippen LogP contribution in [0.1, 0.15) is 23.6 Å². The molecule has 0 saturated heterocycles. The minimum atomic E-state index is -0.280. The van der Waals surface area contributed by atoms with Crippen LogP contribution in [0, 0.1) is 0 Å². The maximum absolute atomic E-state index is 2.42. The Morgan fingerprint density at radius 3 is 1.39 bits per heavy atom. The molecular formula is C74H51N. The van der Waals surface area contributed by atoms with Crippen LogP contribution in [0.5, 0.6) is 0 Å². The standard InChI is InChI=1S/C74H51N/c1-74(58-24-9-4-10-25-58)70-31-16-15-28-66(70)68-49-61(45-47-71(68)74)75(59-41-36-51(37-42-59)50-32-34-54(35-33-50)63-30-17-23-53-18-11-12-26-62(53)63)60-43-38-52(39-44-60)57-40-46-65-64-27-13-14-29-67(64)72(55-19-5-2-6-20-55)73(69(65)48-57)56-21-7-3-8-22-56/h2-49H,1H3. The van der Waals surface area contributed by atoms with Gasteiger partial charge in [-0.2, -0.15) is 0 Å². The van der Waals surface area contributed by atoms with Crippen molar-refractivity contribution >= 4 is 49.4 Å². The Balaban J connectivity index is 0.883.